The number of benzene rings is 2. The fourth-order valence-electron chi connectivity index (χ4n) is 3.15. The van der Waals surface area contributed by atoms with Crippen LogP contribution in [0, 0.1) is 0 Å². The van der Waals surface area contributed by atoms with Gasteiger partial charge >= 0.3 is 0 Å². The maximum Gasteiger partial charge on any atom is 0.262 e. The molecule has 0 atom stereocenters. The molecule has 0 unspecified atom stereocenters. The highest BCUT2D eigenvalue weighted by molar-refractivity contribution is 7.90. The second-order valence-electron chi connectivity index (χ2n) is 7.04. The average Bonchev–Trinajstić information content (AvgIpc) is 3.42. The summed E-state index contributed by atoms with van der Waals surface area (Å²) in [6.45, 7) is 1.05. The van der Waals surface area contributed by atoms with Crippen LogP contribution < -0.4 is 10.0 Å². The molecule has 1 aromatic heterocycles. The smallest absolute Gasteiger partial charge is 0.262 e. The number of amidine groups is 1. The van der Waals surface area contributed by atoms with Crippen molar-refractivity contribution in [2.75, 3.05) is 11.9 Å². The summed E-state index contributed by atoms with van der Waals surface area (Å²) in [6.07, 6.45) is 4.50. The lowest BCUT2D eigenvalue weighted by molar-refractivity contribution is 0.102. The van der Waals surface area contributed by atoms with E-state index in [4.69, 9.17) is 11.6 Å². The number of rotatable bonds is 6. The predicted octanol–water partition coefficient (Wildman–Crippen LogP) is 3.31. The van der Waals surface area contributed by atoms with E-state index in [1.165, 1.54) is 18.3 Å². The van der Waals surface area contributed by atoms with Crippen LogP contribution in [0.3, 0.4) is 0 Å². The van der Waals surface area contributed by atoms with Crippen LogP contribution >= 0.6 is 11.6 Å². The van der Waals surface area contributed by atoms with Gasteiger partial charge in [-0.2, -0.15) is 5.10 Å². The molecule has 8 nitrogen and oxygen atoms in total. The van der Waals surface area contributed by atoms with Gasteiger partial charge in [0, 0.05) is 29.9 Å². The zero-order chi connectivity index (χ0) is 21.8. The molecule has 1 amide bonds. The topological polar surface area (TPSA) is 105 Å². The van der Waals surface area contributed by atoms with Crippen LogP contribution in [0.1, 0.15) is 28.8 Å². The fourth-order valence-corrected chi connectivity index (χ4v) is 4.48. The monoisotopic (exact) mass is 457 g/mol. The van der Waals surface area contributed by atoms with E-state index in [2.05, 4.69) is 20.1 Å². The molecule has 1 aliphatic rings. The molecule has 0 saturated heterocycles. The van der Waals surface area contributed by atoms with Gasteiger partial charge in [0.25, 0.3) is 15.9 Å². The van der Waals surface area contributed by atoms with Gasteiger partial charge < -0.3 is 5.32 Å². The number of hydrogen-bond donors (Lipinski definition) is 2. The Labute approximate surface area is 185 Å². The zero-order valence-corrected chi connectivity index (χ0v) is 18.0. The molecule has 0 aliphatic carbocycles. The highest BCUT2D eigenvalue weighted by Gasteiger charge is 2.19. The number of amides is 1. The van der Waals surface area contributed by atoms with Crippen LogP contribution in [0.5, 0.6) is 0 Å². The normalized spacial score (nSPS) is 13.6. The van der Waals surface area contributed by atoms with Crippen molar-refractivity contribution in [2.24, 2.45) is 4.99 Å². The highest BCUT2D eigenvalue weighted by atomic mass is 35.5. The van der Waals surface area contributed by atoms with E-state index in [-0.39, 0.29) is 4.90 Å². The first-order valence-electron chi connectivity index (χ1n) is 9.64. The summed E-state index contributed by atoms with van der Waals surface area (Å²) in [5.74, 6) is 0.0634. The Morgan fingerprint density at radius 2 is 2.00 bits per heavy atom. The number of carbonyl (C=O) groups excluding carboxylic acids is 1. The Kier molecular flexibility index (Phi) is 6.06. The minimum Gasteiger partial charge on any atom is -0.322 e. The van der Waals surface area contributed by atoms with Crippen molar-refractivity contribution in [2.45, 2.75) is 24.3 Å². The quantitative estimate of drug-likeness (QED) is 0.592. The van der Waals surface area contributed by atoms with Gasteiger partial charge in [-0.05, 0) is 36.2 Å². The maximum atomic E-state index is 12.6. The average molecular weight is 458 g/mol. The Bertz CT molecular complexity index is 1250. The molecule has 3 aromatic rings. The first kappa shape index (κ1) is 21.1. The number of carbonyl (C=O) groups is 1. The molecule has 2 N–H and O–H groups in total. The molecule has 160 valence electrons. The maximum absolute atomic E-state index is 12.6. The van der Waals surface area contributed by atoms with Gasteiger partial charge in [0.15, 0.2) is 0 Å². The summed E-state index contributed by atoms with van der Waals surface area (Å²) in [5.41, 5.74) is 1.59. The standard InChI is InChI=1S/C21H20ClN5O3S/c22-19-8-2-1-5-15(19)13-27-14-16(12-24-27)21(28)25-17-6-3-7-18(11-17)31(29,30)26-20-9-4-10-23-20/h1-3,5-8,11-12,14H,4,9-10,13H2,(H,23,26)(H,25,28). The third kappa shape index (κ3) is 5.12. The van der Waals surface area contributed by atoms with Gasteiger partial charge in [-0.1, -0.05) is 35.9 Å². The van der Waals surface area contributed by atoms with Crippen LogP contribution in [0.25, 0.3) is 0 Å². The molecule has 31 heavy (non-hydrogen) atoms. The molecular weight excluding hydrogens is 438 g/mol. The van der Waals surface area contributed by atoms with Crippen LogP contribution in [-0.4, -0.2) is 36.5 Å². The predicted molar refractivity (Wildman–Crippen MR) is 119 cm³/mol. The van der Waals surface area contributed by atoms with Crippen molar-refractivity contribution in [3.63, 3.8) is 0 Å². The Hall–Kier alpha value is -3.17. The van der Waals surface area contributed by atoms with Crippen molar-refractivity contribution in [1.82, 2.24) is 14.5 Å². The number of halogens is 1. The molecule has 2 aromatic carbocycles. The van der Waals surface area contributed by atoms with Crippen molar-refractivity contribution in [1.29, 1.82) is 0 Å². The Morgan fingerprint density at radius 1 is 1.16 bits per heavy atom. The van der Waals surface area contributed by atoms with Crippen LogP contribution in [0.15, 0.2) is 70.8 Å². The third-order valence-electron chi connectivity index (χ3n) is 4.71. The minimum absolute atomic E-state index is 0.0503. The van der Waals surface area contributed by atoms with Crippen molar-refractivity contribution in [3.05, 3.63) is 77.1 Å². The third-order valence-corrected chi connectivity index (χ3v) is 6.46. The van der Waals surface area contributed by atoms with E-state index in [1.807, 2.05) is 18.2 Å². The summed E-state index contributed by atoms with van der Waals surface area (Å²) in [4.78, 5) is 16.8. The second-order valence-corrected chi connectivity index (χ2v) is 9.13. The largest absolute Gasteiger partial charge is 0.322 e. The van der Waals surface area contributed by atoms with Gasteiger partial charge in [0.2, 0.25) is 0 Å². The first-order valence-corrected chi connectivity index (χ1v) is 11.5. The molecule has 4 rings (SSSR count). The number of sulfonamides is 1. The van der Waals surface area contributed by atoms with E-state index < -0.39 is 15.9 Å². The van der Waals surface area contributed by atoms with Crippen LogP contribution in [-0.2, 0) is 16.6 Å². The molecular formula is C21H20ClN5O3S. The number of anilines is 1. The molecule has 0 fully saturated rings. The van der Waals surface area contributed by atoms with E-state index in [9.17, 15) is 13.2 Å². The molecule has 0 saturated carbocycles. The number of hydrogen-bond acceptors (Lipinski definition) is 5. The number of nitrogens with one attached hydrogen (secondary N) is 2. The van der Waals surface area contributed by atoms with Gasteiger partial charge in [0.1, 0.15) is 5.84 Å². The number of aliphatic imine (C=N–C) groups is 1. The lowest BCUT2D eigenvalue weighted by Crippen LogP contribution is -2.29. The molecule has 0 bridgehead atoms. The lowest BCUT2D eigenvalue weighted by Gasteiger charge is -2.09. The SMILES string of the molecule is O=C(Nc1cccc(S(=O)(=O)NC2=NCCC2)c1)c1cnn(Cc2ccccc2Cl)c1. The first-order chi connectivity index (χ1) is 14.9. The molecule has 1 aliphatic heterocycles. The van der Waals surface area contributed by atoms with E-state index in [0.29, 0.717) is 41.6 Å². The summed E-state index contributed by atoms with van der Waals surface area (Å²) in [7, 11) is -3.76. The van der Waals surface area contributed by atoms with Crippen molar-refractivity contribution < 1.29 is 13.2 Å². The lowest BCUT2D eigenvalue weighted by atomic mass is 10.2. The van der Waals surface area contributed by atoms with Gasteiger partial charge in [-0.15, -0.1) is 0 Å². The number of aromatic nitrogens is 2. The summed E-state index contributed by atoms with van der Waals surface area (Å²) in [6, 6.07) is 13.5. The van der Waals surface area contributed by atoms with Gasteiger partial charge in [-0.25, -0.2) is 8.42 Å². The van der Waals surface area contributed by atoms with E-state index >= 15 is 0 Å². The molecule has 2 heterocycles. The summed E-state index contributed by atoms with van der Waals surface area (Å²) >= 11 is 6.17. The molecule has 0 spiro atoms. The van der Waals surface area contributed by atoms with E-state index in [1.54, 1.807) is 29.1 Å². The molecule has 10 heteroatoms. The Balaban J connectivity index is 1.45. The van der Waals surface area contributed by atoms with Crippen molar-refractivity contribution >= 4 is 39.1 Å². The second kappa shape index (κ2) is 8.91. The summed E-state index contributed by atoms with van der Waals surface area (Å²) in [5, 5.41) is 7.54. The molecule has 0 radical (unpaired) electrons. The van der Waals surface area contributed by atoms with Crippen molar-refractivity contribution in [3.8, 4) is 0 Å². The van der Waals surface area contributed by atoms with Gasteiger partial charge in [0.05, 0.1) is 23.2 Å². The zero-order valence-electron chi connectivity index (χ0n) is 16.5. The Morgan fingerprint density at radius 3 is 2.77 bits per heavy atom. The summed E-state index contributed by atoms with van der Waals surface area (Å²) < 4.78 is 29.3. The highest BCUT2D eigenvalue weighted by Crippen LogP contribution is 2.18. The minimum atomic E-state index is -3.76. The van der Waals surface area contributed by atoms with Gasteiger partial charge in [-0.3, -0.25) is 19.2 Å². The number of nitrogens with zero attached hydrogens (tertiary/aromatic N) is 3. The van der Waals surface area contributed by atoms with E-state index in [0.717, 1.165) is 12.0 Å². The van der Waals surface area contributed by atoms with Crippen LogP contribution in [0.4, 0.5) is 5.69 Å². The van der Waals surface area contributed by atoms with Crippen LogP contribution in [0.2, 0.25) is 5.02 Å². The fraction of sp³-hybridized carbons (Fsp3) is 0.190.